The molecule has 3 heterocycles. The molecule has 2 aromatic heterocycles. The van der Waals surface area contributed by atoms with E-state index in [1.807, 2.05) is 54.0 Å². The fourth-order valence-corrected chi connectivity index (χ4v) is 5.45. The van der Waals surface area contributed by atoms with E-state index in [0.717, 1.165) is 36.9 Å². The highest BCUT2D eigenvalue weighted by Crippen LogP contribution is 2.34. The molecule has 190 valence electrons. The van der Waals surface area contributed by atoms with E-state index in [4.69, 9.17) is 13.9 Å². The van der Waals surface area contributed by atoms with Crippen LogP contribution in [0.3, 0.4) is 0 Å². The van der Waals surface area contributed by atoms with Gasteiger partial charge in [-0.05, 0) is 68.1 Å². The second kappa shape index (κ2) is 9.76. The van der Waals surface area contributed by atoms with Gasteiger partial charge in [0.25, 0.3) is 5.91 Å². The molecule has 1 aromatic carbocycles. The molecule has 1 N–H and O–H groups in total. The van der Waals surface area contributed by atoms with Crippen LogP contribution in [0.4, 0.5) is 0 Å². The van der Waals surface area contributed by atoms with Crippen LogP contribution in [-0.2, 0) is 17.8 Å². The Morgan fingerprint density at radius 3 is 2.53 bits per heavy atom. The summed E-state index contributed by atoms with van der Waals surface area (Å²) in [7, 11) is 3.20. The monoisotopic (exact) mass is 491 g/mol. The minimum atomic E-state index is -1.05. The Hall–Kier alpha value is -3.68. The zero-order chi connectivity index (χ0) is 25.3. The van der Waals surface area contributed by atoms with Crippen LogP contribution >= 0.6 is 0 Å². The first-order valence-electron chi connectivity index (χ1n) is 12.5. The molecule has 8 heteroatoms. The second-order valence-corrected chi connectivity index (χ2v) is 9.79. The summed E-state index contributed by atoms with van der Waals surface area (Å²) in [5.41, 5.74) is 1.29. The lowest BCUT2D eigenvalue weighted by atomic mass is 9.93. The predicted octanol–water partition coefficient (Wildman–Crippen LogP) is 4.28. The number of carbonyl (C=O) groups excluding carboxylic acids is 2. The summed E-state index contributed by atoms with van der Waals surface area (Å²) >= 11 is 0. The fourth-order valence-electron chi connectivity index (χ4n) is 5.45. The van der Waals surface area contributed by atoms with Crippen LogP contribution in [0.2, 0.25) is 0 Å². The molecular formula is C28H33N3O5. The number of aromatic nitrogens is 1. The van der Waals surface area contributed by atoms with Crippen LogP contribution in [0, 0.1) is 0 Å². The average Bonchev–Trinajstić information content (AvgIpc) is 3.65. The van der Waals surface area contributed by atoms with Crippen molar-refractivity contribution in [3.8, 4) is 23.0 Å². The van der Waals surface area contributed by atoms with Gasteiger partial charge in [0.05, 0.1) is 32.7 Å². The lowest BCUT2D eigenvalue weighted by molar-refractivity contribution is -0.133. The predicted molar refractivity (Wildman–Crippen MR) is 135 cm³/mol. The standard InChI is InChI=1S/C28H33N3O5/c1-28(27(33)29-20-7-4-5-8-20)18-30-21(23-9-6-16-36-23)11-12-22(30)26(32)31(28)15-14-19-10-13-24(34-2)25(17-19)35-3/h6,9-13,16-17,20H,4-5,7-8,14-15,18H2,1-3H3,(H,29,33)/t28-/m0/s1. The number of fused-ring (bicyclic) bond motifs is 1. The van der Waals surface area contributed by atoms with Crippen molar-refractivity contribution in [1.29, 1.82) is 0 Å². The maximum absolute atomic E-state index is 13.9. The normalized spacial score (nSPS) is 19.9. The molecule has 3 aromatic rings. The molecule has 0 saturated heterocycles. The van der Waals surface area contributed by atoms with Crippen molar-refractivity contribution in [2.75, 3.05) is 20.8 Å². The van der Waals surface area contributed by atoms with Crippen molar-refractivity contribution >= 4 is 11.8 Å². The molecule has 36 heavy (non-hydrogen) atoms. The molecule has 8 nitrogen and oxygen atoms in total. The Labute approximate surface area is 211 Å². The Morgan fingerprint density at radius 1 is 1.08 bits per heavy atom. The van der Waals surface area contributed by atoms with E-state index < -0.39 is 5.54 Å². The smallest absolute Gasteiger partial charge is 0.271 e. The van der Waals surface area contributed by atoms with Gasteiger partial charge in [-0.15, -0.1) is 0 Å². The van der Waals surface area contributed by atoms with E-state index in [1.54, 1.807) is 25.4 Å². The third-order valence-corrected chi connectivity index (χ3v) is 7.53. The van der Waals surface area contributed by atoms with Crippen LogP contribution in [0.5, 0.6) is 11.5 Å². The first-order chi connectivity index (χ1) is 17.4. The van der Waals surface area contributed by atoms with E-state index >= 15 is 0 Å². The first kappa shape index (κ1) is 24.0. The van der Waals surface area contributed by atoms with Crippen LogP contribution in [-0.4, -0.2) is 53.6 Å². The van der Waals surface area contributed by atoms with Crippen LogP contribution in [0.1, 0.15) is 48.7 Å². The summed E-state index contributed by atoms with van der Waals surface area (Å²) in [4.78, 5) is 29.4. The van der Waals surface area contributed by atoms with Gasteiger partial charge in [-0.2, -0.15) is 0 Å². The average molecular weight is 492 g/mol. The van der Waals surface area contributed by atoms with E-state index in [9.17, 15) is 9.59 Å². The molecule has 1 aliphatic heterocycles. The lowest BCUT2D eigenvalue weighted by Gasteiger charge is -2.44. The molecular weight excluding hydrogens is 458 g/mol. The minimum absolute atomic E-state index is 0.111. The van der Waals surface area contributed by atoms with Crippen molar-refractivity contribution in [2.45, 2.75) is 57.2 Å². The van der Waals surface area contributed by atoms with Gasteiger partial charge in [0, 0.05) is 12.6 Å². The third kappa shape index (κ3) is 4.25. The molecule has 2 aliphatic rings. The van der Waals surface area contributed by atoms with Gasteiger partial charge >= 0.3 is 0 Å². The number of nitrogens with zero attached hydrogens (tertiary/aromatic N) is 2. The molecule has 0 spiro atoms. The zero-order valence-electron chi connectivity index (χ0n) is 21.1. The number of amides is 2. The van der Waals surface area contributed by atoms with E-state index in [1.165, 1.54) is 0 Å². The quantitative estimate of drug-likeness (QED) is 0.508. The number of carbonyl (C=O) groups is 2. The highest BCUT2D eigenvalue weighted by Gasteiger charge is 2.48. The zero-order valence-corrected chi connectivity index (χ0v) is 21.1. The second-order valence-electron chi connectivity index (χ2n) is 9.79. The lowest BCUT2D eigenvalue weighted by Crippen LogP contribution is -2.65. The Bertz CT molecular complexity index is 1240. The summed E-state index contributed by atoms with van der Waals surface area (Å²) in [6.07, 6.45) is 6.38. The van der Waals surface area contributed by atoms with E-state index in [-0.39, 0.29) is 17.9 Å². The SMILES string of the molecule is COc1ccc(CCN2C(=O)c3ccc(-c4ccco4)n3C[C@@]2(C)C(=O)NC2CCCC2)cc1OC. The minimum Gasteiger partial charge on any atom is -0.493 e. The maximum Gasteiger partial charge on any atom is 0.271 e. The number of furan rings is 1. The highest BCUT2D eigenvalue weighted by molar-refractivity contribution is 6.00. The van der Waals surface area contributed by atoms with Gasteiger partial charge in [-0.25, -0.2) is 0 Å². The van der Waals surface area contributed by atoms with Crippen molar-refractivity contribution < 1.29 is 23.5 Å². The van der Waals surface area contributed by atoms with Gasteiger partial charge in [-0.1, -0.05) is 18.9 Å². The maximum atomic E-state index is 13.9. The molecule has 1 aliphatic carbocycles. The Kier molecular flexibility index (Phi) is 6.51. The largest absolute Gasteiger partial charge is 0.493 e. The third-order valence-electron chi connectivity index (χ3n) is 7.53. The Morgan fingerprint density at radius 2 is 1.83 bits per heavy atom. The highest BCUT2D eigenvalue weighted by atomic mass is 16.5. The van der Waals surface area contributed by atoms with Gasteiger partial charge in [0.15, 0.2) is 11.5 Å². The van der Waals surface area contributed by atoms with Crippen molar-refractivity contribution in [3.63, 3.8) is 0 Å². The topological polar surface area (TPSA) is 85.9 Å². The number of hydrogen-bond acceptors (Lipinski definition) is 5. The summed E-state index contributed by atoms with van der Waals surface area (Å²) in [5, 5.41) is 3.24. The number of rotatable bonds is 8. The van der Waals surface area contributed by atoms with Crippen LogP contribution in [0.15, 0.2) is 53.1 Å². The fraction of sp³-hybridized carbons (Fsp3) is 0.429. The van der Waals surface area contributed by atoms with Crippen molar-refractivity contribution in [1.82, 2.24) is 14.8 Å². The molecule has 5 rings (SSSR count). The van der Waals surface area contributed by atoms with Gasteiger partial charge < -0.3 is 28.7 Å². The number of methoxy groups -OCH3 is 2. The van der Waals surface area contributed by atoms with Gasteiger partial charge in [0.1, 0.15) is 17.0 Å². The van der Waals surface area contributed by atoms with Crippen molar-refractivity contribution in [3.05, 3.63) is 60.0 Å². The number of nitrogens with one attached hydrogen (secondary N) is 1. The molecule has 1 atom stereocenters. The van der Waals surface area contributed by atoms with E-state index in [2.05, 4.69) is 5.32 Å². The summed E-state index contributed by atoms with van der Waals surface area (Å²) < 4.78 is 18.3. The summed E-state index contributed by atoms with van der Waals surface area (Å²) in [5.74, 6) is 1.69. The molecule has 1 fully saturated rings. The number of hydrogen-bond donors (Lipinski definition) is 1. The van der Waals surface area contributed by atoms with Crippen LogP contribution < -0.4 is 14.8 Å². The number of ether oxygens (including phenoxy) is 2. The van der Waals surface area contributed by atoms with Crippen molar-refractivity contribution in [2.24, 2.45) is 0 Å². The van der Waals surface area contributed by atoms with Gasteiger partial charge in [0.2, 0.25) is 5.91 Å². The molecule has 0 unspecified atom stereocenters. The van der Waals surface area contributed by atoms with Crippen LogP contribution in [0.25, 0.3) is 11.5 Å². The molecule has 0 bridgehead atoms. The molecule has 0 radical (unpaired) electrons. The Balaban J connectivity index is 1.47. The summed E-state index contributed by atoms with van der Waals surface area (Å²) in [6, 6.07) is 13.3. The van der Waals surface area contributed by atoms with Gasteiger partial charge in [-0.3, -0.25) is 9.59 Å². The number of benzene rings is 1. The molecule has 1 saturated carbocycles. The van der Waals surface area contributed by atoms with E-state index in [0.29, 0.717) is 42.5 Å². The first-order valence-corrected chi connectivity index (χ1v) is 12.5. The molecule has 2 amide bonds. The summed E-state index contributed by atoms with van der Waals surface area (Å²) in [6.45, 7) is 2.62.